The summed E-state index contributed by atoms with van der Waals surface area (Å²) in [6.07, 6.45) is 2.87. The molecule has 6 nitrogen and oxygen atoms in total. The monoisotopic (exact) mass is 428 g/mol. The van der Waals surface area contributed by atoms with Crippen molar-refractivity contribution in [3.05, 3.63) is 59.9 Å². The van der Waals surface area contributed by atoms with E-state index in [9.17, 15) is 14.0 Å². The highest BCUT2D eigenvalue weighted by Crippen LogP contribution is 2.26. The molecule has 1 aliphatic rings. The number of nitrogens with zero attached hydrogens (tertiary/aromatic N) is 1. The van der Waals surface area contributed by atoms with E-state index in [-0.39, 0.29) is 17.4 Å². The molecule has 7 heteroatoms. The molecule has 0 atom stereocenters. The minimum absolute atomic E-state index is 0.00603. The van der Waals surface area contributed by atoms with Gasteiger partial charge in [0.25, 0.3) is 5.91 Å². The Bertz CT molecular complexity index is 881. The Morgan fingerprint density at radius 2 is 1.74 bits per heavy atom. The van der Waals surface area contributed by atoms with E-state index in [2.05, 4.69) is 5.32 Å². The number of hydrogen-bond donors (Lipinski definition) is 1. The molecule has 1 saturated heterocycles. The van der Waals surface area contributed by atoms with Gasteiger partial charge in [0, 0.05) is 19.5 Å². The first-order valence-corrected chi connectivity index (χ1v) is 10.6. The number of amides is 2. The lowest BCUT2D eigenvalue weighted by atomic mass is 9.91. The Kier molecular flexibility index (Phi) is 8.27. The van der Waals surface area contributed by atoms with Crippen LogP contribution in [0.1, 0.15) is 36.0 Å². The first-order chi connectivity index (χ1) is 15.1. The molecule has 1 fully saturated rings. The fourth-order valence-corrected chi connectivity index (χ4v) is 3.74. The third-order valence-electron chi connectivity index (χ3n) is 5.54. The van der Waals surface area contributed by atoms with Crippen LogP contribution >= 0.6 is 0 Å². The Labute approximate surface area is 182 Å². The van der Waals surface area contributed by atoms with Gasteiger partial charge in [0.15, 0.2) is 11.5 Å². The molecule has 2 aromatic rings. The van der Waals surface area contributed by atoms with Crippen LogP contribution in [0.15, 0.2) is 48.5 Å². The van der Waals surface area contributed by atoms with E-state index >= 15 is 0 Å². The van der Waals surface area contributed by atoms with E-state index in [1.165, 1.54) is 12.1 Å². The fraction of sp³-hybridized carbons (Fsp3) is 0.417. The minimum Gasteiger partial charge on any atom is -0.493 e. The van der Waals surface area contributed by atoms with Crippen LogP contribution in [-0.4, -0.2) is 50.1 Å². The molecule has 2 aromatic carbocycles. The first kappa shape index (κ1) is 22.6. The molecule has 31 heavy (non-hydrogen) atoms. The zero-order valence-corrected chi connectivity index (χ0v) is 17.8. The molecule has 1 aliphatic heterocycles. The molecule has 2 amide bonds. The van der Waals surface area contributed by atoms with E-state index in [0.717, 1.165) is 19.3 Å². The number of likely N-dealkylation sites (tertiary alicyclic amines) is 1. The van der Waals surface area contributed by atoms with Gasteiger partial charge in [0.05, 0.1) is 19.2 Å². The molecule has 0 spiro atoms. The second kappa shape index (κ2) is 11.3. The molecule has 0 saturated carbocycles. The summed E-state index contributed by atoms with van der Waals surface area (Å²) in [5, 5.41) is 2.87. The van der Waals surface area contributed by atoms with Crippen molar-refractivity contribution in [3.63, 3.8) is 0 Å². The smallest absolute Gasteiger partial charge is 0.256 e. The number of hydrogen-bond acceptors (Lipinski definition) is 4. The summed E-state index contributed by atoms with van der Waals surface area (Å²) in [6, 6.07) is 13.5. The highest BCUT2D eigenvalue weighted by molar-refractivity contribution is 5.94. The van der Waals surface area contributed by atoms with Gasteiger partial charge in [0.2, 0.25) is 5.91 Å². The average molecular weight is 429 g/mol. The van der Waals surface area contributed by atoms with Gasteiger partial charge < -0.3 is 19.7 Å². The summed E-state index contributed by atoms with van der Waals surface area (Å²) >= 11 is 0. The number of carbonyl (C=O) groups excluding carboxylic acids is 2. The van der Waals surface area contributed by atoms with Gasteiger partial charge in [-0.15, -0.1) is 0 Å². The molecule has 0 unspecified atom stereocenters. The summed E-state index contributed by atoms with van der Waals surface area (Å²) in [7, 11) is 1.59. The van der Waals surface area contributed by atoms with Crippen LogP contribution in [0, 0.1) is 11.7 Å². The standard InChI is InChI=1S/C24H29FN2O4/c1-30-21-8-4-5-9-22(21)31-17-14-26-23(28)11-10-18-12-15-27(16-13-18)24(29)19-6-2-3-7-20(19)25/h2-9,18H,10-17H2,1H3,(H,26,28). The van der Waals surface area contributed by atoms with Crippen molar-refractivity contribution in [3.8, 4) is 11.5 Å². The number of benzene rings is 2. The average Bonchev–Trinajstić information content (AvgIpc) is 2.81. The Hall–Kier alpha value is -3.09. The second-order valence-electron chi connectivity index (χ2n) is 7.60. The molecular weight excluding hydrogens is 399 g/mol. The van der Waals surface area contributed by atoms with Gasteiger partial charge in [-0.05, 0) is 49.4 Å². The largest absolute Gasteiger partial charge is 0.493 e. The fourth-order valence-electron chi connectivity index (χ4n) is 3.74. The summed E-state index contributed by atoms with van der Waals surface area (Å²) in [6.45, 7) is 1.97. The van der Waals surface area contributed by atoms with Crippen LogP contribution in [0.2, 0.25) is 0 Å². The van der Waals surface area contributed by atoms with Crippen LogP contribution in [-0.2, 0) is 4.79 Å². The summed E-state index contributed by atoms with van der Waals surface area (Å²) in [5.41, 5.74) is 0.121. The Balaban J connectivity index is 1.32. The van der Waals surface area contributed by atoms with Gasteiger partial charge in [-0.2, -0.15) is 0 Å². The quantitative estimate of drug-likeness (QED) is 0.619. The molecule has 0 aliphatic carbocycles. The summed E-state index contributed by atoms with van der Waals surface area (Å²) in [4.78, 5) is 26.3. The van der Waals surface area contributed by atoms with Gasteiger partial charge in [0.1, 0.15) is 12.4 Å². The maximum absolute atomic E-state index is 13.8. The van der Waals surface area contributed by atoms with Crippen LogP contribution in [0.25, 0.3) is 0 Å². The third-order valence-corrected chi connectivity index (χ3v) is 5.54. The zero-order chi connectivity index (χ0) is 22.1. The number of para-hydroxylation sites is 2. The number of ether oxygens (including phenoxy) is 2. The second-order valence-corrected chi connectivity index (χ2v) is 7.60. The SMILES string of the molecule is COc1ccccc1OCCNC(=O)CCC1CCN(C(=O)c2ccccc2F)CC1. The molecule has 0 bridgehead atoms. The van der Waals surface area contributed by atoms with Crippen molar-refractivity contribution < 1.29 is 23.5 Å². The van der Waals surface area contributed by atoms with Gasteiger partial charge >= 0.3 is 0 Å². The minimum atomic E-state index is -0.485. The van der Waals surface area contributed by atoms with Crippen LogP contribution < -0.4 is 14.8 Å². The van der Waals surface area contributed by atoms with Crippen molar-refractivity contribution in [2.45, 2.75) is 25.7 Å². The normalized spacial score (nSPS) is 14.2. The zero-order valence-electron chi connectivity index (χ0n) is 17.8. The maximum Gasteiger partial charge on any atom is 0.256 e. The molecule has 0 aromatic heterocycles. The van der Waals surface area contributed by atoms with E-state index < -0.39 is 5.82 Å². The van der Waals surface area contributed by atoms with E-state index in [4.69, 9.17) is 9.47 Å². The predicted molar refractivity (Wildman–Crippen MR) is 116 cm³/mol. The van der Waals surface area contributed by atoms with Gasteiger partial charge in [-0.1, -0.05) is 24.3 Å². The molecule has 166 valence electrons. The molecule has 1 N–H and O–H groups in total. The topological polar surface area (TPSA) is 67.9 Å². The molecule has 1 heterocycles. The molecular formula is C24H29FN2O4. The van der Waals surface area contributed by atoms with Crippen molar-refractivity contribution >= 4 is 11.8 Å². The van der Waals surface area contributed by atoms with E-state index in [0.29, 0.717) is 50.1 Å². The van der Waals surface area contributed by atoms with Crippen molar-refractivity contribution in [1.29, 1.82) is 0 Å². The van der Waals surface area contributed by atoms with Crippen molar-refractivity contribution in [2.24, 2.45) is 5.92 Å². The number of methoxy groups -OCH3 is 1. The third kappa shape index (κ3) is 6.44. The van der Waals surface area contributed by atoms with Gasteiger partial charge in [-0.3, -0.25) is 9.59 Å². The van der Waals surface area contributed by atoms with Crippen molar-refractivity contribution in [1.82, 2.24) is 10.2 Å². The van der Waals surface area contributed by atoms with Crippen LogP contribution in [0.5, 0.6) is 11.5 Å². The summed E-state index contributed by atoms with van der Waals surface area (Å²) in [5.74, 6) is 0.948. The molecule has 0 radical (unpaired) electrons. The number of nitrogens with one attached hydrogen (secondary N) is 1. The highest BCUT2D eigenvalue weighted by Gasteiger charge is 2.25. The Morgan fingerprint density at radius 1 is 1.06 bits per heavy atom. The first-order valence-electron chi connectivity index (χ1n) is 10.6. The predicted octanol–water partition coefficient (Wildman–Crippen LogP) is 3.66. The maximum atomic E-state index is 13.8. The van der Waals surface area contributed by atoms with Gasteiger partial charge in [-0.25, -0.2) is 4.39 Å². The lowest BCUT2D eigenvalue weighted by Gasteiger charge is -2.32. The highest BCUT2D eigenvalue weighted by atomic mass is 19.1. The molecule has 3 rings (SSSR count). The van der Waals surface area contributed by atoms with E-state index in [1.807, 2.05) is 24.3 Å². The number of piperidine rings is 1. The lowest BCUT2D eigenvalue weighted by Crippen LogP contribution is -2.39. The Morgan fingerprint density at radius 3 is 2.45 bits per heavy atom. The van der Waals surface area contributed by atoms with Crippen LogP contribution in [0.4, 0.5) is 4.39 Å². The summed E-state index contributed by atoms with van der Waals surface area (Å²) < 4.78 is 24.7. The van der Waals surface area contributed by atoms with Crippen LogP contribution in [0.3, 0.4) is 0 Å². The van der Waals surface area contributed by atoms with E-state index in [1.54, 1.807) is 24.1 Å². The number of rotatable bonds is 9. The van der Waals surface area contributed by atoms with Crippen molar-refractivity contribution in [2.75, 3.05) is 33.4 Å². The number of halogens is 1. The number of carbonyl (C=O) groups is 2. The lowest BCUT2D eigenvalue weighted by molar-refractivity contribution is -0.121.